The van der Waals surface area contributed by atoms with E-state index in [0.717, 1.165) is 11.8 Å². The highest BCUT2D eigenvalue weighted by Gasteiger charge is 2.36. The van der Waals surface area contributed by atoms with Crippen LogP contribution in [0.15, 0.2) is 24.5 Å². The van der Waals surface area contributed by atoms with Gasteiger partial charge in [-0.25, -0.2) is 0 Å². The van der Waals surface area contributed by atoms with Crippen molar-refractivity contribution < 1.29 is 0 Å². The number of anilines is 1. The highest BCUT2D eigenvalue weighted by Crippen LogP contribution is 2.37. The lowest BCUT2D eigenvalue weighted by Crippen LogP contribution is -2.32. The molecular formula is C13H19N3. The molecule has 2 fully saturated rings. The highest BCUT2D eigenvalue weighted by atomic mass is 15.2. The van der Waals surface area contributed by atoms with Crippen LogP contribution in [0.4, 0.5) is 5.69 Å². The lowest BCUT2D eigenvalue weighted by atomic mass is 9.79. The molecule has 3 atom stereocenters. The number of hydrogen-bond donors (Lipinski definition) is 1. The number of fused-ring (bicyclic) bond motifs is 1. The molecule has 1 aliphatic carbocycles. The van der Waals surface area contributed by atoms with Crippen LogP contribution in [0.3, 0.4) is 0 Å². The third-order valence-electron chi connectivity index (χ3n) is 4.12. The second kappa shape index (κ2) is 4.06. The van der Waals surface area contributed by atoms with Crippen LogP contribution in [-0.4, -0.2) is 24.1 Å². The van der Waals surface area contributed by atoms with E-state index in [1.165, 1.54) is 38.0 Å². The number of rotatable bonds is 1. The molecule has 0 spiro atoms. The normalized spacial score (nSPS) is 33.8. The Kier molecular flexibility index (Phi) is 2.56. The molecule has 1 saturated heterocycles. The van der Waals surface area contributed by atoms with E-state index >= 15 is 0 Å². The lowest BCUT2D eigenvalue weighted by molar-refractivity contribution is 0.271. The van der Waals surface area contributed by atoms with E-state index in [-0.39, 0.29) is 0 Å². The van der Waals surface area contributed by atoms with E-state index in [4.69, 9.17) is 5.73 Å². The standard InChI is InChI=1S/C13H19N3/c14-12-2-1-10-8-16(9-11(10)7-12)13-3-5-15-6-4-13/h3-6,10-12H,1-2,7-9,14H2/t10-,11+,12?/m1/s1. The average Bonchev–Trinajstić information content (AvgIpc) is 2.73. The third-order valence-corrected chi connectivity index (χ3v) is 4.12. The Balaban J connectivity index is 1.73. The van der Waals surface area contributed by atoms with E-state index in [0.29, 0.717) is 6.04 Å². The van der Waals surface area contributed by atoms with Gasteiger partial charge in [-0.2, -0.15) is 0 Å². The topological polar surface area (TPSA) is 42.1 Å². The minimum Gasteiger partial charge on any atom is -0.371 e. The molecule has 1 aliphatic heterocycles. The van der Waals surface area contributed by atoms with Gasteiger partial charge in [0.25, 0.3) is 0 Å². The fourth-order valence-corrected chi connectivity index (χ4v) is 3.23. The molecular weight excluding hydrogens is 198 g/mol. The maximum atomic E-state index is 6.05. The van der Waals surface area contributed by atoms with Crippen molar-refractivity contribution in [1.82, 2.24) is 4.98 Å². The maximum absolute atomic E-state index is 6.05. The van der Waals surface area contributed by atoms with E-state index in [2.05, 4.69) is 22.0 Å². The predicted molar refractivity (Wildman–Crippen MR) is 65.3 cm³/mol. The molecule has 3 rings (SSSR count). The summed E-state index contributed by atoms with van der Waals surface area (Å²) >= 11 is 0. The van der Waals surface area contributed by atoms with Crippen molar-refractivity contribution >= 4 is 5.69 Å². The second-order valence-electron chi connectivity index (χ2n) is 5.20. The molecule has 2 heterocycles. The third kappa shape index (κ3) is 1.80. The molecule has 2 aliphatic rings. The van der Waals surface area contributed by atoms with Crippen LogP contribution in [-0.2, 0) is 0 Å². The minimum atomic E-state index is 0.443. The Bertz CT molecular complexity index is 351. The SMILES string of the molecule is NC1CC[C@@H]2CN(c3ccncc3)C[C@@H]2C1. The van der Waals surface area contributed by atoms with Crippen molar-refractivity contribution in [1.29, 1.82) is 0 Å². The first-order valence-corrected chi connectivity index (χ1v) is 6.23. The summed E-state index contributed by atoms with van der Waals surface area (Å²) in [5, 5.41) is 0. The number of nitrogens with two attached hydrogens (primary N) is 1. The molecule has 0 aromatic carbocycles. The first-order valence-electron chi connectivity index (χ1n) is 6.23. The molecule has 1 aromatic rings. The van der Waals surface area contributed by atoms with Crippen LogP contribution in [0.1, 0.15) is 19.3 Å². The van der Waals surface area contributed by atoms with Gasteiger partial charge in [0, 0.05) is 37.2 Å². The van der Waals surface area contributed by atoms with E-state index < -0.39 is 0 Å². The number of hydrogen-bond acceptors (Lipinski definition) is 3. The Morgan fingerprint density at radius 3 is 2.69 bits per heavy atom. The van der Waals surface area contributed by atoms with Crippen LogP contribution < -0.4 is 10.6 Å². The van der Waals surface area contributed by atoms with Crippen molar-refractivity contribution in [2.24, 2.45) is 17.6 Å². The minimum absolute atomic E-state index is 0.443. The van der Waals surface area contributed by atoms with Crippen LogP contribution >= 0.6 is 0 Å². The molecule has 0 bridgehead atoms. The van der Waals surface area contributed by atoms with Crippen molar-refractivity contribution in [3.63, 3.8) is 0 Å². The predicted octanol–water partition coefficient (Wildman–Crippen LogP) is 1.65. The summed E-state index contributed by atoms with van der Waals surface area (Å²) in [6, 6.07) is 4.66. The maximum Gasteiger partial charge on any atom is 0.0397 e. The first kappa shape index (κ1) is 10.1. The summed E-state index contributed by atoms with van der Waals surface area (Å²) in [6.45, 7) is 2.39. The molecule has 3 heteroatoms. The van der Waals surface area contributed by atoms with Crippen LogP contribution in [0.25, 0.3) is 0 Å². The zero-order valence-electron chi connectivity index (χ0n) is 9.55. The monoisotopic (exact) mass is 217 g/mol. The smallest absolute Gasteiger partial charge is 0.0397 e. The molecule has 3 nitrogen and oxygen atoms in total. The van der Waals surface area contributed by atoms with Gasteiger partial charge >= 0.3 is 0 Å². The summed E-state index contributed by atoms with van der Waals surface area (Å²) in [5.41, 5.74) is 7.36. The summed E-state index contributed by atoms with van der Waals surface area (Å²) in [6.07, 6.45) is 7.50. The van der Waals surface area contributed by atoms with Gasteiger partial charge < -0.3 is 10.6 Å². The Hall–Kier alpha value is -1.09. The Morgan fingerprint density at radius 2 is 1.88 bits per heavy atom. The van der Waals surface area contributed by atoms with Gasteiger partial charge in [-0.05, 0) is 43.2 Å². The quantitative estimate of drug-likeness (QED) is 0.777. The number of pyridine rings is 1. The van der Waals surface area contributed by atoms with Crippen molar-refractivity contribution in [2.75, 3.05) is 18.0 Å². The summed E-state index contributed by atoms with van der Waals surface area (Å²) < 4.78 is 0. The average molecular weight is 217 g/mol. The van der Waals surface area contributed by atoms with Crippen molar-refractivity contribution in [2.45, 2.75) is 25.3 Å². The zero-order chi connectivity index (χ0) is 11.0. The van der Waals surface area contributed by atoms with Gasteiger partial charge in [0.05, 0.1) is 0 Å². The molecule has 16 heavy (non-hydrogen) atoms. The highest BCUT2D eigenvalue weighted by molar-refractivity contribution is 5.46. The molecule has 0 radical (unpaired) electrons. The van der Waals surface area contributed by atoms with Gasteiger partial charge in [0.15, 0.2) is 0 Å². The molecule has 0 amide bonds. The van der Waals surface area contributed by atoms with Crippen molar-refractivity contribution in [3.05, 3.63) is 24.5 Å². The summed E-state index contributed by atoms with van der Waals surface area (Å²) in [7, 11) is 0. The van der Waals surface area contributed by atoms with Crippen LogP contribution in [0.5, 0.6) is 0 Å². The molecule has 1 unspecified atom stereocenters. The van der Waals surface area contributed by atoms with E-state index in [1.807, 2.05) is 12.4 Å². The number of aromatic nitrogens is 1. The Morgan fingerprint density at radius 1 is 1.12 bits per heavy atom. The van der Waals surface area contributed by atoms with Crippen LogP contribution in [0, 0.1) is 11.8 Å². The van der Waals surface area contributed by atoms with E-state index in [1.54, 1.807) is 0 Å². The van der Waals surface area contributed by atoms with Gasteiger partial charge in [-0.3, -0.25) is 4.98 Å². The largest absolute Gasteiger partial charge is 0.371 e. The van der Waals surface area contributed by atoms with Gasteiger partial charge in [-0.1, -0.05) is 0 Å². The zero-order valence-corrected chi connectivity index (χ0v) is 9.55. The lowest BCUT2D eigenvalue weighted by Gasteiger charge is -2.27. The molecule has 86 valence electrons. The number of nitrogens with zero attached hydrogens (tertiary/aromatic N) is 2. The summed E-state index contributed by atoms with van der Waals surface area (Å²) in [5.74, 6) is 1.69. The fraction of sp³-hybridized carbons (Fsp3) is 0.615. The van der Waals surface area contributed by atoms with Gasteiger partial charge in [-0.15, -0.1) is 0 Å². The summed E-state index contributed by atoms with van der Waals surface area (Å²) in [4.78, 5) is 6.57. The van der Waals surface area contributed by atoms with E-state index in [9.17, 15) is 0 Å². The molecule has 1 aromatic heterocycles. The van der Waals surface area contributed by atoms with Crippen molar-refractivity contribution in [3.8, 4) is 0 Å². The van der Waals surface area contributed by atoms with Gasteiger partial charge in [0.2, 0.25) is 0 Å². The molecule has 1 saturated carbocycles. The fourth-order valence-electron chi connectivity index (χ4n) is 3.23. The second-order valence-corrected chi connectivity index (χ2v) is 5.20. The Labute approximate surface area is 96.7 Å². The molecule has 2 N–H and O–H groups in total. The van der Waals surface area contributed by atoms with Crippen LogP contribution in [0.2, 0.25) is 0 Å². The van der Waals surface area contributed by atoms with Gasteiger partial charge in [0.1, 0.15) is 0 Å². The first-order chi connectivity index (χ1) is 7.83.